The summed E-state index contributed by atoms with van der Waals surface area (Å²) in [7, 11) is 10.3. The van der Waals surface area contributed by atoms with Crippen molar-refractivity contribution in [3.8, 4) is 5.75 Å². The highest BCUT2D eigenvalue weighted by Gasteiger charge is 2.69. The van der Waals surface area contributed by atoms with E-state index >= 15 is 0 Å². The molecule has 2 saturated carbocycles. The zero-order valence-electron chi connectivity index (χ0n) is 24.3. The molecule has 0 heterocycles. The van der Waals surface area contributed by atoms with Gasteiger partial charge in [0.25, 0.3) is 0 Å². The molecule has 0 radical (unpaired) electrons. The molecule has 6 atom stereocenters. The smallest absolute Gasteiger partial charge is 0.235 e. The number of carbonyl (C=O) groups excluding carboxylic acids is 6. The van der Waals surface area contributed by atoms with Crippen LogP contribution in [0.4, 0.5) is 5.69 Å². The van der Waals surface area contributed by atoms with Gasteiger partial charge in [0.05, 0.1) is 23.1 Å². The first-order valence-corrected chi connectivity index (χ1v) is 13.6. The van der Waals surface area contributed by atoms with E-state index < -0.39 is 70.1 Å². The van der Waals surface area contributed by atoms with E-state index in [1.54, 1.807) is 25.1 Å². The molecule has 1 aromatic rings. The number of primary amides is 1. The molecule has 12 nitrogen and oxygen atoms in total. The Morgan fingerprint density at radius 3 is 2.22 bits per heavy atom. The van der Waals surface area contributed by atoms with Gasteiger partial charge in [-0.3, -0.25) is 33.7 Å². The number of phenolic OH excluding ortho intramolecular Hbond substituents is 1. The molecule has 0 saturated heterocycles. The number of amides is 1. The first-order valence-electron chi connectivity index (χ1n) is 13.6. The molecule has 4 rings (SSSR count). The Morgan fingerprint density at radius 2 is 1.68 bits per heavy atom. The number of carbonyl (C=O) groups is 6. The maximum absolute atomic E-state index is 14.0. The highest BCUT2D eigenvalue weighted by molar-refractivity contribution is 6.32. The van der Waals surface area contributed by atoms with Crippen LogP contribution in [-0.4, -0.2) is 115 Å². The van der Waals surface area contributed by atoms with Crippen molar-refractivity contribution in [2.24, 2.45) is 29.4 Å². The number of phenols is 1. The van der Waals surface area contributed by atoms with Crippen LogP contribution in [-0.2, 0) is 25.6 Å². The van der Waals surface area contributed by atoms with Gasteiger partial charge in [0.2, 0.25) is 5.91 Å². The maximum atomic E-state index is 14.0. The van der Waals surface area contributed by atoms with E-state index in [0.29, 0.717) is 24.2 Å². The standard InChI is InChI=1S/C29H38N4O8/c1-31(2)9-7-8-18(34)15-12-17(32(3)4)14-10-13-11-16-22(33(5)6)25(37)21(28(30)40)27(39)29(16,41)26(38)19(13)24(36)20(14)23(15)35/h12-13,16,19,21-22,35,41H,7-11H2,1-6H3,(H2,30,40)/t13?,16?,19?,21?,22-,29-/m0/s1. The van der Waals surface area contributed by atoms with Gasteiger partial charge in [-0.15, -0.1) is 0 Å². The summed E-state index contributed by atoms with van der Waals surface area (Å²) < 4.78 is 0. The number of benzene rings is 1. The van der Waals surface area contributed by atoms with Crippen LogP contribution >= 0.6 is 0 Å². The molecule has 0 bridgehead atoms. The number of anilines is 1. The molecule has 3 aliphatic carbocycles. The Kier molecular flexibility index (Phi) is 7.98. The lowest BCUT2D eigenvalue weighted by atomic mass is 9.52. The predicted molar refractivity (Wildman–Crippen MR) is 148 cm³/mol. The number of rotatable bonds is 8. The topological polar surface area (TPSA) is 179 Å². The molecule has 3 aliphatic rings. The molecule has 1 aromatic carbocycles. The van der Waals surface area contributed by atoms with Crippen LogP contribution in [0.3, 0.4) is 0 Å². The fraction of sp³-hybridized carbons (Fsp3) is 0.586. The van der Waals surface area contributed by atoms with Crippen molar-refractivity contribution in [2.45, 2.75) is 37.3 Å². The highest BCUT2D eigenvalue weighted by atomic mass is 16.3. The van der Waals surface area contributed by atoms with Crippen molar-refractivity contribution in [1.82, 2.24) is 9.80 Å². The molecule has 12 heteroatoms. The summed E-state index contributed by atoms with van der Waals surface area (Å²) in [6, 6.07) is 0.384. The number of likely N-dealkylation sites (N-methyl/N-ethyl adjacent to an activating group) is 1. The maximum Gasteiger partial charge on any atom is 0.235 e. The zero-order valence-corrected chi connectivity index (χ0v) is 24.3. The van der Waals surface area contributed by atoms with Gasteiger partial charge in [-0.2, -0.15) is 0 Å². The van der Waals surface area contributed by atoms with Gasteiger partial charge in [0.15, 0.2) is 40.4 Å². The molecule has 4 unspecified atom stereocenters. The van der Waals surface area contributed by atoms with Crippen LogP contribution in [0.15, 0.2) is 6.07 Å². The van der Waals surface area contributed by atoms with Crippen molar-refractivity contribution in [3.05, 3.63) is 22.8 Å². The van der Waals surface area contributed by atoms with Crippen molar-refractivity contribution >= 4 is 40.5 Å². The number of aromatic hydroxyl groups is 1. The Balaban J connectivity index is 1.84. The number of nitrogens with two attached hydrogens (primary N) is 1. The second-order valence-electron chi connectivity index (χ2n) is 12.2. The monoisotopic (exact) mass is 570 g/mol. The van der Waals surface area contributed by atoms with Crippen LogP contribution in [0, 0.1) is 23.7 Å². The normalized spacial score (nSPS) is 29.3. The van der Waals surface area contributed by atoms with Crippen molar-refractivity contribution in [2.75, 3.05) is 53.7 Å². The number of Topliss-reactive ketones (excluding diaryl/α,β-unsaturated/α-hetero) is 5. The summed E-state index contributed by atoms with van der Waals surface area (Å²) in [6.07, 6.45) is 0.742. The molecule has 2 fully saturated rings. The van der Waals surface area contributed by atoms with Crippen molar-refractivity contribution in [1.29, 1.82) is 0 Å². The summed E-state index contributed by atoms with van der Waals surface area (Å²) in [5.74, 6) is -11.6. The highest BCUT2D eigenvalue weighted by Crippen LogP contribution is 2.52. The van der Waals surface area contributed by atoms with Crippen molar-refractivity contribution in [3.63, 3.8) is 0 Å². The second kappa shape index (κ2) is 10.7. The summed E-state index contributed by atoms with van der Waals surface area (Å²) in [5.41, 5.74) is 3.32. The van der Waals surface area contributed by atoms with Crippen LogP contribution in [0.1, 0.15) is 45.5 Å². The molecule has 4 N–H and O–H groups in total. The van der Waals surface area contributed by atoms with Crippen LogP contribution < -0.4 is 10.6 Å². The van der Waals surface area contributed by atoms with Gasteiger partial charge in [-0.1, -0.05) is 0 Å². The largest absolute Gasteiger partial charge is 0.506 e. The van der Waals surface area contributed by atoms with E-state index in [1.807, 2.05) is 19.0 Å². The van der Waals surface area contributed by atoms with Gasteiger partial charge >= 0.3 is 0 Å². The van der Waals surface area contributed by atoms with Gasteiger partial charge in [-0.05, 0) is 71.5 Å². The first kappa shape index (κ1) is 30.5. The molecular formula is C29H38N4O8. The summed E-state index contributed by atoms with van der Waals surface area (Å²) >= 11 is 0. The molecule has 41 heavy (non-hydrogen) atoms. The van der Waals surface area contributed by atoms with Gasteiger partial charge in [0.1, 0.15) is 5.75 Å². The minimum absolute atomic E-state index is 0.0389. The summed E-state index contributed by atoms with van der Waals surface area (Å²) in [4.78, 5) is 85.0. The molecular weight excluding hydrogens is 532 g/mol. The fourth-order valence-electron chi connectivity index (χ4n) is 6.95. The Bertz CT molecular complexity index is 1350. The Morgan fingerprint density at radius 1 is 1.05 bits per heavy atom. The van der Waals surface area contributed by atoms with Gasteiger partial charge in [-0.25, -0.2) is 0 Å². The SMILES string of the molecule is CN(C)CCCC(=O)c1cc(N(C)C)c2c(c1O)C(=O)C1C(=O)[C@]3(O)C(=O)C(C(N)=O)C(=O)[C@@H](N(C)C)C3CC1C2. The third-order valence-electron chi connectivity index (χ3n) is 8.83. The minimum Gasteiger partial charge on any atom is -0.506 e. The van der Waals surface area contributed by atoms with Gasteiger partial charge in [0, 0.05) is 32.1 Å². The van der Waals surface area contributed by atoms with E-state index in [9.17, 15) is 39.0 Å². The van der Waals surface area contributed by atoms with Crippen LogP contribution in [0.5, 0.6) is 5.75 Å². The fourth-order valence-corrected chi connectivity index (χ4v) is 6.95. The number of hydrogen-bond acceptors (Lipinski definition) is 11. The molecule has 0 aliphatic heterocycles. The van der Waals surface area contributed by atoms with E-state index in [4.69, 9.17) is 5.73 Å². The quantitative estimate of drug-likeness (QED) is 0.270. The van der Waals surface area contributed by atoms with E-state index in [0.717, 1.165) is 0 Å². The third kappa shape index (κ3) is 4.67. The van der Waals surface area contributed by atoms with E-state index in [1.165, 1.54) is 19.0 Å². The number of aliphatic hydroxyl groups is 1. The lowest BCUT2D eigenvalue weighted by molar-refractivity contribution is -0.181. The summed E-state index contributed by atoms with van der Waals surface area (Å²) in [6.45, 7) is 0.645. The molecule has 0 spiro atoms. The average Bonchev–Trinajstić information content (AvgIpc) is 2.85. The Labute approximate surface area is 238 Å². The Hall–Kier alpha value is -3.48. The minimum atomic E-state index is -2.80. The molecule has 1 amide bonds. The van der Waals surface area contributed by atoms with E-state index in [-0.39, 0.29) is 36.2 Å². The lowest BCUT2D eigenvalue weighted by Crippen LogP contribution is -2.74. The number of ketones is 5. The third-order valence-corrected chi connectivity index (χ3v) is 8.83. The molecule has 0 aromatic heterocycles. The number of nitrogens with zero attached hydrogens (tertiary/aromatic N) is 3. The number of hydrogen-bond donors (Lipinski definition) is 3. The van der Waals surface area contributed by atoms with Gasteiger partial charge < -0.3 is 25.7 Å². The first-order chi connectivity index (χ1) is 19.0. The van der Waals surface area contributed by atoms with Crippen LogP contribution in [0.25, 0.3) is 0 Å². The van der Waals surface area contributed by atoms with Crippen LogP contribution in [0.2, 0.25) is 0 Å². The van der Waals surface area contributed by atoms with Crippen molar-refractivity contribution < 1.29 is 39.0 Å². The lowest BCUT2D eigenvalue weighted by Gasteiger charge is -2.52. The van der Waals surface area contributed by atoms with E-state index in [2.05, 4.69) is 0 Å². The average molecular weight is 571 g/mol. The second-order valence-corrected chi connectivity index (χ2v) is 12.2. The summed E-state index contributed by atoms with van der Waals surface area (Å²) in [5, 5.41) is 23.0. The molecule has 222 valence electrons. The predicted octanol–water partition coefficient (Wildman–Crippen LogP) is -0.542. The zero-order chi connectivity index (χ0) is 30.7. The number of fused-ring (bicyclic) bond motifs is 3.